The zero-order valence-corrected chi connectivity index (χ0v) is 10.3. The molecule has 16 heavy (non-hydrogen) atoms. The summed E-state index contributed by atoms with van der Waals surface area (Å²) in [5.74, 6) is 0.786. The summed E-state index contributed by atoms with van der Waals surface area (Å²) in [5, 5.41) is 4.17. The summed E-state index contributed by atoms with van der Waals surface area (Å²) in [6.45, 7) is 3.04. The number of halogens is 1. The van der Waals surface area contributed by atoms with Gasteiger partial charge in [-0.1, -0.05) is 30.7 Å². The fourth-order valence-electron chi connectivity index (χ4n) is 1.57. The van der Waals surface area contributed by atoms with Crippen LogP contribution in [0.1, 0.15) is 26.2 Å². The molecule has 0 radical (unpaired) electrons. The lowest BCUT2D eigenvalue weighted by Gasteiger charge is -2.18. The number of para-hydroxylation sites is 1. The molecule has 88 valence electrons. The Hall–Kier alpha value is -0.730. The summed E-state index contributed by atoms with van der Waals surface area (Å²) in [6.07, 6.45) is 3.82. The first-order valence-corrected chi connectivity index (χ1v) is 6.32. The number of rotatable bonds is 6. The molecule has 1 aromatic rings. The zero-order valence-electron chi connectivity index (χ0n) is 9.58. The third kappa shape index (κ3) is 3.39. The van der Waals surface area contributed by atoms with E-state index in [2.05, 4.69) is 12.2 Å². The highest BCUT2D eigenvalue weighted by Gasteiger charge is 2.22. The quantitative estimate of drug-likeness (QED) is 0.823. The lowest BCUT2D eigenvalue weighted by Crippen LogP contribution is -2.32. The summed E-state index contributed by atoms with van der Waals surface area (Å²) in [7, 11) is 0. The second kappa shape index (κ2) is 5.55. The third-order valence-electron chi connectivity index (χ3n) is 2.80. The molecule has 1 fully saturated rings. The fraction of sp³-hybridized carbons (Fsp3) is 0.538. The number of hydrogen-bond donors (Lipinski definition) is 1. The van der Waals surface area contributed by atoms with Gasteiger partial charge in [-0.3, -0.25) is 0 Å². The van der Waals surface area contributed by atoms with Crippen molar-refractivity contribution in [3.63, 3.8) is 0 Å². The molecule has 0 spiro atoms. The Kier molecular flexibility index (Phi) is 4.08. The standard InChI is InChI=1S/C13H18ClNO/c1-2-11(9-15-10-7-8-10)16-13-6-4-3-5-12(13)14/h3-6,10-11,15H,2,7-9H2,1H3. The normalized spacial score (nSPS) is 17.1. The molecule has 1 unspecified atom stereocenters. The Morgan fingerprint density at radius 2 is 2.19 bits per heavy atom. The van der Waals surface area contributed by atoms with Crippen LogP contribution in [0.25, 0.3) is 0 Å². The Morgan fingerprint density at radius 1 is 1.44 bits per heavy atom. The monoisotopic (exact) mass is 239 g/mol. The van der Waals surface area contributed by atoms with Crippen molar-refractivity contribution in [1.82, 2.24) is 5.32 Å². The molecule has 1 atom stereocenters. The average Bonchev–Trinajstić information content (AvgIpc) is 3.10. The molecule has 0 aromatic heterocycles. The lowest BCUT2D eigenvalue weighted by molar-refractivity contribution is 0.193. The molecule has 3 heteroatoms. The highest BCUT2D eigenvalue weighted by atomic mass is 35.5. The SMILES string of the molecule is CCC(CNC1CC1)Oc1ccccc1Cl. The molecule has 0 heterocycles. The van der Waals surface area contributed by atoms with Crippen molar-refractivity contribution in [1.29, 1.82) is 0 Å². The van der Waals surface area contributed by atoms with E-state index >= 15 is 0 Å². The second-order valence-corrected chi connectivity index (χ2v) is 4.67. The minimum atomic E-state index is 0.209. The first-order valence-electron chi connectivity index (χ1n) is 5.94. The van der Waals surface area contributed by atoms with Gasteiger partial charge in [0.2, 0.25) is 0 Å². The Balaban J connectivity index is 1.87. The maximum atomic E-state index is 6.05. The number of hydrogen-bond acceptors (Lipinski definition) is 2. The lowest BCUT2D eigenvalue weighted by atomic mass is 10.2. The van der Waals surface area contributed by atoms with E-state index in [1.54, 1.807) is 0 Å². The first kappa shape index (κ1) is 11.7. The molecule has 1 N–H and O–H groups in total. The van der Waals surface area contributed by atoms with Crippen molar-refractivity contribution < 1.29 is 4.74 Å². The van der Waals surface area contributed by atoms with Crippen molar-refractivity contribution >= 4 is 11.6 Å². The van der Waals surface area contributed by atoms with Gasteiger partial charge in [0, 0.05) is 12.6 Å². The third-order valence-corrected chi connectivity index (χ3v) is 3.11. The molecule has 1 aromatic carbocycles. The van der Waals surface area contributed by atoms with Crippen molar-refractivity contribution in [2.75, 3.05) is 6.54 Å². The summed E-state index contributed by atoms with van der Waals surface area (Å²) in [5.41, 5.74) is 0. The summed E-state index contributed by atoms with van der Waals surface area (Å²) >= 11 is 6.05. The maximum Gasteiger partial charge on any atom is 0.138 e. The molecular weight excluding hydrogens is 222 g/mol. The van der Waals surface area contributed by atoms with Crippen LogP contribution in [-0.4, -0.2) is 18.7 Å². The summed E-state index contributed by atoms with van der Waals surface area (Å²) < 4.78 is 5.88. The van der Waals surface area contributed by atoms with E-state index in [0.29, 0.717) is 5.02 Å². The Morgan fingerprint density at radius 3 is 2.81 bits per heavy atom. The average molecular weight is 240 g/mol. The van der Waals surface area contributed by atoms with Crippen LogP contribution in [-0.2, 0) is 0 Å². The Labute approximate surface area is 102 Å². The first-order chi connectivity index (χ1) is 7.79. The molecule has 2 nitrogen and oxygen atoms in total. The topological polar surface area (TPSA) is 21.3 Å². The van der Waals surface area contributed by atoms with Gasteiger partial charge in [0.05, 0.1) is 5.02 Å². The van der Waals surface area contributed by atoms with Crippen LogP contribution in [0.2, 0.25) is 5.02 Å². The van der Waals surface area contributed by atoms with Gasteiger partial charge in [-0.05, 0) is 31.4 Å². The highest BCUT2D eigenvalue weighted by Crippen LogP contribution is 2.25. The molecule has 1 aliphatic rings. The van der Waals surface area contributed by atoms with Crippen LogP contribution in [0.15, 0.2) is 24.3 Å². The van der Waals surface area contributed by atoms with Gasteiger partial charge in [-0.2, -0.15) is 0 Å². The van der Waals surface area contributed by atoms with E-state index in [1.807, 2.05) is 24.3 Å². The molecule has 1 aliphatic carbocycles. The fourth-order valence-corrected chi connectivity index (χ4v) is 1.76. The van der Waals surface area contributed by atoms with E-state index in [4.69, 9.17) is 16.3 Å². The van der Waals surface area contributed by atoms with Gasteiger partial charge >= 0.3 is 0 Å². The van der Waals surface area contributed by atoms with Crippen molar-refractivity contribution in [2.45, 2.75) is 38.3 Å². The molecule has 0 aliphatic heterocycles. The molecule has 0 saturated heterocycles. The molecule has 1 saturated carbocycles. The number of nitrogens with one attached hydrogen (secondary N) is 1. The van der Waals surface area contributed by atoms with E-state index in [1.165, 1.54) is 12.8 Å². The number of ether oxygens (including phenoxy) is 1. The van der Waals surface area contributed by atoms with Crippen LogP contribution >= 0.6 is 11.6 Å². The summed E-state index contributed by atoms with van der Waals surface area (Å²) in [6, 6.07) is 8.37. The van der Waals surface area contributed by atoms with Crippen LogP contribution in [0.4, 0.5) is 0 Å². The predicted octanol–water partition coefficient (Wildman–Crippen LogP) is 3.25. The second-order valence-electron chi connectivity index (χ2n) is 4.26. The maximum absolute atomic E-state index is 6.05. The van der Waals surface area contributed by atoms with Gasteiger partial charge in [-0.25, -0.2) is 0 Å². The van der Waals surface area contributed by atoms with Crippen molar-refractivity contribution in [3.8, 4) is 5.75 Å². The van der Waals surface area contributed by atoms with E-state index in [0.717, 1.165) is 24.8 Å². The van der Waals surface area contributed by atoms with Gasteiger partial charge in [0.15, 0.2) is 0 Å². The Bertz CT molecular complexity index is 338. The zero-order chi connectivity index (χ0) is 11.4. The van der Waals surface area contributed by atoms with E-state index in [-0.39, 0.29) is 6.10 Å². The molecular formula is C13H18ClNO. The molecule has 2 rings (SSSR count). The van der Waals surface area contributed by atoms with Crippen molar-refractivity contribution in [2.24, 2.45) is 0 Å². The molecule has 0 bridgehead atoms. The van der Waals surface area contributed by atoms with E-state index in [9.17, 15) is 0 Å². The van der Waals surface area contributed by atoms with Crippen LogP contribution in [0.3, 0.4) is 0 Å². The smallest absolute Gasteiger partial charge is 0.138 e. The predicted molar refractivity (Wildman–Crippen MR) is 67.2 cm³/mol. The van der Waals surface area contributed by atoms with Gasteiger partial charge in [-0.15, -0.1) is 0 Å². The minimum absolute atomic E-state index is 0.209. The van der Waals surface area contributed by atoms with Gasteiger partial charge in [0.1, 0.15) is 11.9 Å². The van der Waals surface area contributed by atoms with Gasteiger partial charge in [0.25, 0.3) is 0 Å². The highest BCUT2D eigenvalue weighted by molar-refractivity contribution is 6.32. The van der Waals surface area contributed by atoms with Crippen LogP contribution < -0.4 is 10.1 Å². The summed E-state index contributed by atoms with van der Waals surface area (Å²) in [4.78, 5) is 0. The van der Waals surface area contributed by atoms with Crippen molar-refractivity contribution in [3.05, 3.63) is 29.3 Å². The van der Waals surface area contributed by atoms with Gasteiger partial charge < -0.3 is 10.1 Å². The minimum Gasteiger partial charge on any atom is -0.488 e. The van der Waals surface area contributed by atoms with E-state index < -0.39 is 0 Å². The number of benzene rings is 1. The van der Waals surface area contributed by atoms with Crippen LogP contribution in [0.5, 0.6) is 5.75 Å². The van der Waals surface area contributed by atoms with Crippen LogP contribution in [0, 0.1) is 0 Å². The largest absolute Gasteiger partial charge is 0.488 e. The molecule has 0 amide bonds.